The lowest BCUT2D eigenvalue weighted by atomic mass is 10.2. The summed E-state index contributed by atoms with van der Waals surface area (Å²) in [7, 11) is 0. The van der Waals surface area contributed by atoms with Crippen LogP contribution in [0.2, 0.25) is 0 Å². The lowest BCUT2D eigenvalue weighted by Crippen LogP contribution is -2.13. The largest absolute Gasteiger partial charge is 0.442 e. The first kappa shape index (κ1) is 13.1. The third-order valence-corrected chi connectivity index (χ3v) is 2.95. The number of ether oxygens (including phenoxy) is 1. The van der Waals surface area contributed by atoms with E-state index in [1.165, 1.54) is 13.0 Å². The number of non-ortho nitro benzene ring substituents is 1. The van der Waals surface area contributed by atoms with Crippen LogP contribution in [0.25, 0.3) is 10.9 Å². The van der Waals surface area contributed by atoms with E-state index >= 15 is 0 Å². The molecule has 0 amide bonds. The first-order valence-corrected chi connectivity index (χ1v) is 5.84. The van der Waals surface area contributed by atoms with Gasteiger partial charge in [0.25, 0.3) is 5.69 Å². The molecular weight excluding hydrogens is 248 g/mol. The molecule has 1 atom stereocenters. The van der Waals surface area contributed by atoms with Gasteiger partial charge in [0.1, 0.15) is 0 Å². The Balaban J connectivity index is 2.63. The average Bonchev–Trinajstić information content (AvgIpc) is 2.63. The monoisotopic (exact) mass is 262 g/mol. The molecule has 0 saturated heterocycles. The summed E-state index contributed by atoms with van der Waals surface area (Å²) in [4.78, 5) is 21.6. The van der Waals surface area contributed by atoms with Crippen LogP contribution in [-0.4, -0.2) is 15.5 Å². The minimum atomic E-state index is -0.503. The summed E-state index contributed by atoms with van der Waals surface area (Å²) in [5.41, 5.74) is 1.54. The quantitative estimate of drug-likeness (QED) is 0.484. The highest BCUT2D eigenvalue weighted by Crippen LogP contribution is 2.31. The number of carbonyl (C=O) groups is 1. The SMILES string of the molecule is CC(=O)OC(C)n1c(C)cc2c([N+](=O)[O-])cccc21. The lowest BCUT2D eigenvalue weighted by molar-refractivity contribution is -0.383. The molecule has 0 saturated carbocycles. The van der Waals surface area contributed by atoms with Gasteiger partial charge < -0.3 is 9.30 Å². The van der Waals surface area contributed by atoms with Crippen LogP contribution < -0.4 is 0 Å². The van der Waals surface area contributed by atoms with E-state index < -0.39 is 11.2 Å². The summed E-state index contributed by atoms with van der Waals surface area (Å²) in [6.07, 6.45) is -0.503. The number of rotatable bonds is 3. The first-order valence-electron chi connectivity index (χ1n) is 5.84. The van der Waals surface area contributed by atoms with Gasteiger partial charge in [-0.05, 0) is 26.0 Å². The zero-order valence-corrected chi connectivity index (χ0v) is 10.9. The van der Waals surface area contributed by atoms with Gasteiger partial charge in [-0.15, -0.1) is 0 Å². The molecule has 6 nitrogen and oxygen atoms in total. The predicted octanol–water partition coefficient (Wildman–Crippen LogP) is 2.94. The minimum Gasteiger partial charge on any atom is -0.442 e. The maximum absolute atomic E-state index is 11.0. The third kappa shape index (κ3) is 2.29. The highest BCUT2D eigenvalue weighted by molar-refractivity contribution is 5.90. The summed E-state index contributed by atoms with van der Waals surface area (Å²) in [5, 5.41) is 11.5. The van der Waals surface area contributed by atoms with Crippen LogP contribution in [0, 0.1) is 17.0 Å². The molecule has 0 aliphatic heterocycles. The molecule has 1 heterocycles. The van der Waals surface area contributed by atoms with Gasteiger partial charge in [0.05, 0.1) is 15.8 Å². The molecule has 0 aliphatic carbocycles. The van der Waals surface area contributed by atoms with Crippen LogP contribution in [0.3, 0.4) is 0 Å². The fourth-order valence-corrected chi connectivity index (χ4v) is 2.30. The standard InChI is InChI=1S/C13H14N2O4/c1-8-7-11-12(5-4-6-13(11)15(17)18)14(8)9(2)19-10(3)16/h4-7,9H,1-3H3. The number of hydrogen-bond donors (Lipinski definition) is 0. The molecular formula is C13H14N2O4. The van der Waals surface area contributed by atoms with Crippen molar-refractivity contribution in [2.45, 2.75) is 27.0 Å². The van der Waals surface area contributed by atoms with E-state index in [1.807, 2.05) is 6.92 Å². The molecule has 0 aliphatic rings. The fourth-order valence-electron chi connectivity index (χ4n) is 2.30. The van der Waals surface area contributed by atoms with E-state index in [-0.39, 0.29) is 11.7 Å². The Morgan fingerprint density at radius 3 is 2.74 bits per heavy atom. The molecule has 2 aromatic rings. The zero-order chi connectivity index (χ0) is 14.2. The van der Waals surface area contributed by atoms with Crippen molar-refractivity contribution in [3.05, 3.63) is 40.1 Å². The molecule has 0 N–H and O–H groups in total. The molecule has 0 fully saturated rings. The molecule has 1 aromatic carbocycles. The summed E-state index contributed by atoms with van der Waals surface area (Å²) < 4.78 is 6.91. The number of fused-ring (bicyclic) bond motifs is 1. The van der Waals surface area contributed by atoms with Crippen molar-refractivity contribution >= 4 is 22.6 Å². The molecule has 100 valence electrons. The van der Waals surface area contributed by atoms with Crippen LogP contribution in [0.15, 0.2) is 24.3 Å². The number of nitro groups is 1. The van der Waals surface area contributed by atoms with Crippen LogP contribution in [0.5, 0.6) is 0 Å². The molecule has 19 heavy (non-hydrogen) atoms. The van der Waals surface area contributed by atoms with E-state index in [0.29, 0.717) is 10.9 Å². The minimum absolute atomic E-state index is 0.0503. The van der Waals surface area contributed by atoms with Gasteiger partial charge in [-0.2, -0.15) is 0 Å². The van der Waals surface area contributed by atoms with Crippen molar-refractivity contribution in [2.75, 3.05) is 0 Å². The first-order chi connectivity index (χ1) is 8.91. The number of esters is 1. The number of aromatic nitrogens is 1. The van der Waals surface area contributed by atoms with Crippen LogP contribution in [0.1, 0.15) is 25.8 Å². The number of hydrogen-bond acceptors (Lipinski definition) is 4. The van der Waals surface area contributed by atoms with E-state index in [4.69, 9.17) is 4.74 Å². The zero-order valence-electron chi connectivity index (χ0n) is 10.9. The van der Waals surface area contributed by atoms with Crippen molar-refractivity contribution in [3.63, 3.8) is 0 Å². The number of benzene rings is 1. The van der Waals surface area contributed by atoms with Crippen molar-refractivity contribution in [1.82, 2.24) is 4.57 Å². The van der Waals surface area contributed by atoms with Gasteiger partial charge in [0.2, 0.25) is 0 Å². The number of carbonyl (C=O) groups excluding carboxylic acids is 1. The topological polar surface area (TPSA) is 74.4 Å². The number of nitrogens with zero attached hydrogens (tertiary/aromatic N) is 2. The van der Waals surface area contributed by atoms with E-state index in [2.05, 4.69) is 0 Å². The van der Waals surface area contributed by atoms with Crippen molar-refractivity contribution in [2.24, 2.45) is 0 Å². The fraction of sp³-hybridized carbons (Fsp3) is 0.308. The Hall–Kier alpha value is -2.37. The lowest BCUT2D eigenvalue weighted by Gasteiger charge is -2.17. The van der Waals surface area contributed by atoms with Gasteiger partial charge in [0, 0.05) is 18.7 Å². The van der Waals surface area contributed by atoms with E-state index in [1.54, 1.807) is 29.7 Å². The van der Waals surface area contributed by atoms with Gasteiger partial charge in [-0.1, -0.05) is 6.07 Å². The molecule has 1 aromatic heterocycles. The van der Waals surface area contributed by atoms with Crippen molar-refractivity contribution < 1.29 is 14.5 Å². The number of aryl methyl sites for hydroxylation is 1. The highest BCUT2D eigenvalue weighted by atomic mass is 16.6. The Bertz CT molecular complexity index is 660. The molecule has 0 bridgehead atoms. The molecule has 6 heteroatoms. The second-order valence-corrected chi connectivity index (χ2v) is 4.33. The maximum Gasteiger partial charge on any atom is 0.304 e. The van der Waals surface area contributed by atoms with Crippen LogP contribution in [0.4, 0.5) is 5.69 Å². The Labute approximate surface area is 109 Å². The van der Waals surface area contributed by atoms with Gasteiger partial charge >= 0.3 is 5.97 Å². The number of nitro benzene ring substituents is 1. The smallest absolute Gasteiger partial charge is 0.304 e. The molecule has 2 rings (SSSR count). The Morgan fingerprint density at radius 1 is 1.47 bits per heavy atom. The molecule has 0 radical (unpaired) electrons. The molecule has 0 spiro atoms. The Kier molecular flexibility index (Phi) is 3.25. The predicted molar refractivity (Wildman–Crippen MR) is 69.8 cm³/mol. The van der Waals surface area contributed by atoms with Gasteiger partial charge in [-0.25, -0.2) is 0 Å². The van der Waals surface area contributed by atoms with E-state index in [9.17, 15) is 14.9 Å². The summed E-state index contributed by atoms with van der Waals surface area (Å²) in [5.74, 6) is -0.390. The highest BCUT2D eigenvalue weighted by Gasteiger charge is 2.19. The average molecular weight is 262 g/mol. The maximum atomic E-state index is 11.0. The van der Waals surface area contributed by atoms with Crippen LogP contribution >= 0.6 is 0 Å². The van der Waals surface area contributed by atoms with Crippen molar-refractivity contribution in [1.29, 1.82) is 0 Å². The van der Waals surface area contributed by atoms with Crippen molar-refractivity contribution in [3.8, 4) is 0 Å². The van der Waals surface area contributed by atoms with Gasteiger partial charge in [0.15, 0.2) is 6.23 Å². The van der Waals surface area contributed by atoms with Crippen LogP contribution in [-0.2, 0) is 9.53 Å². The summed E-state index contributed by atoms with van der Waals surface area (Å²) >= 11 is 0. The second-order valence-electron chi connectivity index (χ2n) is 4.33. The summed E-state index contributed by atoms with van der Waals surface area (Å²) in [6.45, 7) is 4.89. The molecule has 1 unspecified atom stereocenters. The summed E-state index contributed by atoms with van der Waals surface area (Å²) in [6, 6.07) is 6.59. The Morgan fingerprint density at radius 2 is 2.16 bits per heavy atom. The van der Waals surface area contributed by atoms with Gasteiger partial charge in [-0.3, -0.25) is 14.9 Å². The normalized spacial score (nSPS) is 12.4. The third-order valence-electron chi connectivity index (χ3n) is 2.95. The second kappa shape index (κ2) is 4.72. The van der Waals surface area contributed by atoms with E-state index in [0.717, 1.165) is 5.69 Å².